The summed E-state index contributed by atoms with van der Waals surface area (Å²) in [6, 6.07) is 8.70. The number of aryl methyl sites for hydroxylation is 2. The first kappa shape index (κ1) is 24.5. The van der Waals surface area contributed by atoms with Crippen LogP contribution in [0.2, 0.25) is 5.02 Å². The number of piperidine rings is 1. The van der Waals surface area contributed by atoms with E-state index in [-0.39, 0.29) is 37.0 Å². The van der Waals surface area contributed by atoms with Crippen LogP contribution in [0.5, 0.6) is 0 Å². The van der Waals surface area contributed by atoms with Crippen LogP contribution in [0.15, 0.2) is 29.1 Å². The minimum absolute atomic E-state index is 0.152. The number of thiophene rings is 1. The van der Waals surface area contributed by atoms with Gasteiger partial charge in [0.25, 0.3) is 11.5 Å². The number of carbonyl (C=O) groups excluding carboxylic acids is 2. The Bertz CT molecular complexity index is 1420. The third-order valence-electron chi connectivity index (χ3n) is 6.86. The van der Waals surface area contributed by atoms with Gasteiger partial charge >= 0.3 is 5.97 Å². The van der Waals surface area contributed by atoms with Crippen LogP contribution in [-0.2, 0) is 35.5 Å². The van der Waals surface area contributed by atoms with E-state index >= 15 is 0 Å². The van der Waals surface area contributed by atoms with Crippen molar-refractivity contribution in [2.24, 2.45) is 5.92 Å². The molecule has 5 rings (SSSR count). The third kappa shape index (κ3) is 4.75. The molecule has 0 spiro atoms. The molecule has 0 saturated carbocycles. The van der Waals surface area contributed by atoms with E-state index in [1.165, 1.54) is 20.8 Å². The van der Waals surface area contributed by atoms with E-state index in [1.54, 1.807) is 29.2 Å². The average molecular weight is 525 g/mol. The molecule has 1 aliphatic heterocycles. The third-order valence-corrected chi connectivity index (χ3v) is 8.30. The summed E-state index contributed by atoms with van der Waals surface area (Å²) in [5.41, 5.74) is 1.33. The number of nitrogens with zero attached hydrogens (tertiary/aromatic N) is 4. The van der Waals surface area contributed by atoms with Gasteiger partial charge in [-0.3, -0.25) is 19.0 Å². The smallest absolute Gasteiger partial charge is 0.311 e. The maximum absolute atomic E-state index is 13.3. The summed E-state index contributed by atoms with van der Waals surface area (Å²) >= 11 is 7.44. The Morgan fingerprint density at radius 3 is 2.75 bits per heavy atom. The van der Waals surface area contributed by atoms with Gasteiger partial charge in [-0.2, -0.15) is 5.26 Å². The van der Waals surface area contributed by atoms with Crippen molar-refractivity contribution in [1.29, 1.82) is 5.26 Å². The summed E-state index contributed by atoms with van der Waals surface area (Å²) in [6.07, 6.45) is 5.21. The zero-order valence-corrected chi connectivity index (χ0v) is 21.2. The largest absolute Gasteiger partial charge is 0.457 e. The van der Waals surface area contributed by atoms with E-state index < -0.39 is 11.9 Å². The lowest BCUT2D eigenvalue weighted by Crippen LogP contribution is -2.42. The Balaban J connectivity index is 1.31. The summed E-state index contributed by atoms with van der Waals surface area (Å²) in [5, 5.41) is 10.5. The minimum Gasteiger partial charge on any atom is -0.457 e. The predicted molar refractivity (Wildman–Crippen MR) is 136 cm³/mol. The van der Waals surface area contributed by atoms with Crippen LogP contribution >= 0.6 is 22.9 Å². The zero-order chi connectivity index (χ0) is 25.2. The van der Waals surface area contributed by atoms with Crippen molar-refractivity contribution in [1.82, 2.24) is 14.5 Å². The van der Waals surface area contributed by atoms with Crippen molar-refractivity contribution in [3.63, 3.8) is 0 Å². The number of nitriles is 1. The summed E-state index contributed by atoms with van der Waals surface area (Å²) in [4.78, 5) is 47.2. The molecule has 8 nitrogen and oxygen atoms in total. The van der Waals surface area contributed by atoms with Crippen LogP contribution in [0.4, 0.5) is 0 Å². The summed E-state index contributed by atoms with van der Waals surface area (Å²) < 4.78 is 6.90. The first-order chi connectivity index (χ1) is 17.5. The van der Waals surface area contributed by atoms with Crippen molar-refractivity contribution >= 4 is 45.0 Å². The number of carbonyl (C=O) groups is 2. The highest BCUT2D eigenvalue weighted by molar-refractivity contribution is 7.18. The Labute approximate surface area is 217 Å². The molecule has 2 aliphatic rings. The molecule has 1 saturated heterocycles. The van der Waals surface area contributed by atoms with Crippen LogP contribution in [0.3, 0.4) is 0 Å². The van der Waals surface area contributed by atoms with Gasteiger partial charge < -0.3 is 9.64 Å². The van der Waals surface area contributed by atoms with Crippen molar-refractivity contribution < 1.29 is 14.3 Å². The number of hydrogen-bond acceptors (Lipinski definition) is 7. The quantitative estimate of drug-likeness (QED) is 0.465. The molecule has 2 aromatic heterocycles. The molecule has 3 heterocycles. The highest BCUT2D eigenvalue weighted by Gasteiger charge is 2.30. The number of likely N-dealkylation sites (tertiary alicyclic amines) is 1. The monoisotopic (exact) mass is 524 g/mol. The normalized spacial score (nSPS) is 17.4. The highest BCUT2D eigenvalue weighted by atomic mass is 35.5. The maximum atomic E-state index is 13.3. The molecule has 0 N–H and O–H groups in total. The van der Waals surface area contributed by atoms with Crippen LogP contribution in [-0.4, -0.2) is 39.4 Å². The fourth-order valence-electron chi connectivity index (χ4n) is 5.01. The van der Waals surface area contributed by atoms with Gasteiger partial charge in [-0.25, -0.2) is 4.98 Å². The highest BCUT2D eigenvalue weighted by Crippen LogP contribution is 2.34. The number of aromatic nitrogens is 2. The molecule has 0 radical (unpaired) electrons. The molecule has 0 unspecified atom stereocenters. The van der Waals surface area contributed by atoms with Crippen LogP contribution in [0.1, 0.15) is 52.3 Å². The number of rotatable bonds is 5. The second-order valence-corrected chi connectivity index (χ2v) is 10.7. The van der Waals surface area contributed by atoms with E-state index in [2.05, 4.69) is 4.98 Å². The van der Waals surface area contributed by atoms with E-state index in [4.69, 9.17) is 16.3 Å². The van der Waals surface area contributed by atoms with E-state index in [9.17, 15) is 19.6 Å². The van der Waals surface area contributed by atoms with Gasteiger partial charge in [-0.1, -0.05) is 11.6 Å². The molecular weight excluding hydrogens is 500 g/mol. The van der Waals surface area contributed by atoms with Crippen molar-refractivity contribution in [3.05, 3.63) is 61.5 Å². The summed E-state index contributed by atoms with van der Waals surface area (Å²) in [7, 11) is 0. The molecule has 1 aromatic carbocycles. The van der Waals surface area contributed by atoms with Gasteiger partial charge in [0.05, 0.1) is 17.4 Å². The Hall–Kier alpha value is -3.22. The Morgan fingerprint density at radius 1 is 1.19 bits per heavy atom. The van der Waals surface area contributed by atoms with Gasteiger partial charge in [0.1, 0.15) is 18.0 Å². The lowest BCUT2D eigenvalue weighted by molar-refractivity contribution is -0.151. The Kier molecular flexibility index (Phi) is 7.08. The van der Waals surface area contributed by atoms with Crippen molar-refractivity contribution in [3.8, 4) is 6.07 Å². The number of amides is 1. The van der Waals surface area contributed by atoms with E-state index in [0.29, 0.717) is 40.2 Å². The number of benzene rings is 1. The SMILES string of the molecule is N#CCn1c(COC(=O)[C@H]2CCCN(C(=O)c3ccc(Cl)cc3)C2)nc2sc3c(c2c1=O)CCCC3. The first-order valence-corrected chi connectivity index (χ1v) is 13.3. The van der Waals surface area contributed by atoms with Gasteiger partial charge in [0, 0.05) is 28.6 Å². The molecule has 1 amide bonds. The molecule has 1 atom stereocenters. The number of ether oxygens (including phenoxy) is 1. The fourth-order valence-corrected chi connectivity index (χ4v) is 6.40. The number of fused-ring (bicyclic) bond motifs is 3. The van der Waals surface area contributed by atoms with Crippen LogP contribution in [0.25, 0.3) is 10.2 Å². The second kappa shape index (κ2) is 10.4. The topological polar surface area (TPSA) is 105 Å². The number of hydrogen-bond donors (Lipinski definition) is 0. The van der Waals surface area contributed by atoms with Gasteiger partial charge in [0.15, 0.2) is 5.82 Å². The first-order valence-electron chi connectivity index (χ1n) is 12.1. The molecule has 10 heteroatoms. The van der Waals surface area contributed by atoms with E-state index in [1.807, 2.05) is 6.07 Å². The molecule has 186 valence electrons. The standard InChI is InChI=1S/C26H25ClN4O4S/c27-18-9-7-16(8-10-18)24(32)30-12-3-4-17(14-30)26(34)35-15-21-29-23-22(25(33)31(21)13-11-28)19-5-1-2-6-20(19)36-23/h7-10,17H,1-6,12-15H2/t17-/m0/s1. The Morgan fingerprint density at radius 2 is 1.97 bits per heavy atom. The van der Waals surface area contributed by atoms with Gasteiger partial charge in [-0.05, 0) is 68.4 Å². The van der Waals surface area contributed by atoms with Crippen molar-refractivity contribution in [2.75, 3.05) is 13.1 Å². The molecule has 36 heavy (non-hydrogen) atoms. The van der Waals surface area contributed by atoms with Crippen LogP contribution < -0.4 is 5.56 Å². The molecule has 1 fully saturated rings. The summed E-state index contributed by atoms with van der Waals surface area (Å²) in [6.45, 7) is 0.464. The predicted octanol–water partition coefficient (Wildman–Crippen LogP) is 4.11. The number of halogens is 1. The van der Waals surface area contributed by atoms with Gasteiger partial charge in [-0.15, -0.1) is 11.3 Å². The van der Waals surface area contributed by atoms with Gasteiger partial charge in [0.2, 0.25) is 0 Å². The molecule has 1 aliphatic carbocycles. The lowest BCUT2D eigenvalue weighted by Gasteiger charge is -2.31. The average Bonchev–Trinajstić information content (AvgIpc) is 3.28. The van der Waals surface area contributed by atoms with E-state index in [0.717, 1.165) is 31.2 Å². The van der Waals surface area contributed by atoms with Crippen molar-refractivity contribution in [2.45, 2.75) is 51.7 Å². The summed E-state index contributed by atoms with van der Waals surface area (Å²) in [5.74, 6) is -0.789. The maximum Gasteiger partial charge on any atom is 0.311 e. The molecule has 0 bridgehead atoms. The zero-order valence-electron chi connectivity index (χ0n) is 19.7. The second-order valence-electron chi connectivity index (χ2n) is 9.17. The minimum atomic E-state index is -0.469. The van der Waals surface area contributed by atoms with Crippen LogP contribution in [0, 0.1) is 17.2 Å². The number of esters is 1. The molecular formula is C26H25ClN4O4S. The fraction of sp³-hybridized carbons (Fsp3) is 0.423. The lowest BCUT2D eigenvalue weighted by atomic mass is 9.97. The molecule has 3 aromatic rings.